The van der Waals surface area contributed by atoms with Crippen molar-refractivity contribution < 1.29 is 5.11 Å². The Hall–Kier alpha value is -1.77. The largest absolute Gasteiger partial charge is 0.512 e. The second kappa shape index (κ2) is 4.17. The molecule has 0 spiro atoms. The van der Waals surface area contributed by atoms with Gasteiger partial charge in [-0.1, -0.05) is 12.1 Å². The standard InChI is InChI=1S/C12H16N2O/c1-7-4-5-10(6-11(7)14)12(8(2)13)9(3)15/h4-6,13,15H,14H2,1-3H3/b12-9+,13-8?. The van der Waals surface area contributed by atoms with Gasteiger partial charge in [0.25, 0.3) is 0 Å². The zero-order valence-electron chi connectivity index (χ0n) is 9.26. The van der Waals surface area contributed by atoms with Crippen molar-refractivity contribution in [1.82, 2.24) is 0 Å². The number of nitrogens with two attached hydrogens (primary N) is 1. The van der Waals surface area contributed by atoms with Crippen LogP contribution >= 0.6 is 0 Å². The molecule has 1 rings (SSSR count). The molecular formula is C12H16N2O. The Labute approximate surface area is 89.8 Å². The lowest BCUT2D eigenvalue weighted by Crippen LogP contribution is -2.00. The van der Waals surface area contributed by atoms with E-state index in [1.165, 1.54) is 0 Å². The van der Waals surface area contributed by atoms with Gasteiger partial charge in [0.2, 0.25) is 0 Å². The Balaban J connectivity index is 3.32. The van der Waals surface area contributed by atoms with Crippen LogP contribution in [0.25, 0.3) is 5.57 Å². The van der Waals surface area contributed by atoms with E-state index in [4.69, 9.17) is 11.1 Å². The first-order valence-corrected chi connectivity index (χ1v) is 4.75. The summed E-state index contributed by atoms with van der Waals surface area (Å²) < 4.78 is 0. The molecule has 3 nitrogen and oxygen atoms in total. The van der Waals surface area contributed by atoms with Crippen LogP contribution in [0.3, 0.4) is 0 Å². The monoisotopic (exact) mass is 204 g/mol. The fourth-order valence-electron chi connectivity index (χ4n) is 1.49. The van der Waals surface area contributed by atoms with Gasteiger partial charge in [-0.15, -0.1) is 0 Å². The molecule has 0 aliphatic rings. The van der Waals surface area contributed by atoms with Gasteiger partial charge in [0.1, 0.15) is 0 Å². The molecule has 0 unspecified atom stereocenters. The van der Waals surface area contributed by atoms with Crippen LogP contribution in [0, 0.1) is 12.3 Å². The lowest BCUT2D eigenvalue weighted by molar-refractivity contribution is 0.418. The van der Waals surface area contributed by atoms with Gasteiger partial charge in [0.05, 0.1) is 5.76 Å². The molecule has 1 aromatic rings. The predicted molar refractivity (Wildman–Crippen MR) is 64.2 cm³/mol. The lowest BCUT2D eigenvalue weighted by Gasteiger charge is -2.09. The van der Waals surface area contributed by atoms with Gasteiger partial charge in [-0.05, 0) is 38.0 Å². The number of aryl methyl sites for hydroxylation is 1. The van der Waals surface area contributed by atoms with E-state index in [1.54, 1.807) is 19.9 Å². The molecule has 0 bridgehead atoms. The Morgan fingerprint density at radius 2 is 1.93 bits per heavy atom. The van der Waals surface area contributed by atoms with Crippen LogP contribution in [0.5, 0.6) is 0 Å². The molecule has 0 amide bonds. The SMILES string of the molecule is CC(=N)/C(=C(/C)O)c1ccc(C)c(N)c1. The van der Waals surface area contributed by atoms with Crippen molar-refractivity contribution >= 4 is 17.0 Å². The summed E-state index contributed by atoms with van der Waals surface area (Å²) in [6, 6.07) is 5.53. The van der Waals surface area contributed by atoms with Gasteiger partial charge in [-0.25, -0.2) is 0 Å². The molecule has 0 atom stereocenters. The number of benzene rings is 1. The summed E-state index contributed by atoms with van der Waals surface area (Å²) in [5.74, 6) is 0.144. The maximum atomic E-state index is 9.49. The fourth-order valence-corrected chi connectivity index (χ4v) is 1.49. The molecule has 0 fully saturated rings. The van der Waals surface area contributed by atoms with E-state index in [1.807, 2.05) is 19.1 Å². The summed E-state index contributed by atoms with van der Waals surface area (Å²) in [5.41, 5.74) is 9.11. The number of aliphatic hydroxyl groups excluding tert-OH is 1. The van der Waals surface area contributed by atoms with Crippen molar-refractivity contribution in [3.63, 3.8) is 0 Å². The number of nitrogens with one attached hydrogen (secondary N) is 1. The van der Waals surface area contributed by atoms with Crippen LogP contribution in [-0.4, -0.2) is 10.8 Å². The molecule has 4 N–H and O–H groups in total. The van der Waals surface area contributed by atoms with Crippen LogP contribution in [0.15, 0.2) is 24.0 Å². The van der Waals surface area contributed by atoms with Crippen LogP contribution < -0.4 is 5.73 Å². The highest BCUT2D eigenvalue weighted by Crippen LogP contribution is 2.22. The minimum absolute atomic E-state index is 0.144. The van der Waals surface area contributed by atoms with Gasteiger partial charge in [-0.2, -0.15) is 0 Å². The number of hydrogen-bond donors (Lipinski definition) is 3. The van der Waals surface area contributed by atoms with Gasteiger partial charge >= 0.3 is 0 Å². The third-order valence-electron chi connectivity index (χ3n) is 2.30. The number of nitrogen functional groups attached to an aromatic ring is 1. The quantitative estimate of drug-likeness (QED) is 0.394. The maximum Gasteiger partial charge on any atom is 0.0987 e. The Kier molecular flexibility index (Phi) is 3.14. The molecule has 0 radical (unpaired) electrons. The average Bonchev–Trinajstić information content (AvgIpc) is 2.10. The zero-order valence-corrected chi connectivity index (χ0v) is 9.26. The number of aliphatic hydroxyl groups is 1. The van der Waals surface area contributed by atoms with Crippen LogP contribution in [-0.2, 0) is 0 Å². The van der Waals surface area contributed by atoms with E-state index in [0.29, 0.717) is 17.0 Å². The van der Waals surface area contributed by atoms with Gasteiger partial charge in [-0.3, -0.25) is 0 Å². The first-order valence-electron chi connectivity index (χ1n) is 4.75. The first-order chi connectivity index (χ1) is 6.93. The van der Waals surface area contributed by atoms with E-state index in [-0.39, 0.29) is 5.76 Å². The molecule has 15 heavy (non-hydrogen) atoms. The van der Waals surface area contributed by atoms with E-state index >= 15 is 0 Å². The van der Waals surface area contributed by atoms with Crippen LogP contribution in [0.4, 0.5) is 5.69 Å². The summed E-state index contributed by atoms with van der Waals surface area (Å²) in [6.07, 6.45) is 0. The molecule has 0 aliphatic carbocycles. The number of hydrogen-bond acceptors (Lipinski definition) is 3. The highest BCUT2D eigenvalue weighted by atomic mass is 16.3. The van der Waals surface area contributed by atoms with E-state index in [0.717, 1.165) is 11.1 Å². The van der Waals surface area contributed by atoms with Gasteiger partial charge < -0.3 is 16.2 Å². The predicted octanol–water partition coefficient (Wildman–Crippen LogP) is 2.91. The third kappa shape index (κ3) is 2.37. The molecule has 0 aromatic heterocycles. The minimum atomic E-state index is 0.144. The molecule has 0 saturated heterocycles. The minimum Gasteiger partial charge on any atom is -0.512 e. The summed E-state index contributed by atoms with van der Waals surface area (Å²) >= 11 is 0. The normalized spacial score (nSPS) is 12.2. The van der Waals surface area contributed by atoms with E-state index in [2.05, 4.69) is 0 Å². The van der Waals surface area contributed by atoms with Crippen molar-refractivity contribution in [2.45, 2.75) is 20.8 Å². The molecule has 3 heteroatoms. The summed E-state index contributed by atoms with van der Waals surface area (Å²) in [4.78, 5) is 0. The number of rotatable bonds is 2. The van der Waals surface area contributed by atoms with Crippen molar-refractivity contribution in [2.75, 3.05) is 5.73 Å². The number of allylic oxidation sites excluding steroid dienone is 2. The lowest BCUT2D eigenvalue weighted by atomic mass is 9.99. The molecule has 0 saturated carbocycles. The molecule has 80 valence electrons. The van der Waals surface area contributed by atoms with Crippen molar-refractivity contribution in [3.05, 3.63) is 35.1 Å². The second-order valence-corrected chi connectivity index (χ2v) is 3.66. The Morgan fingerprint density at radius 3 is 2.33 bits per heavy atom. The first kappa shape index (κ1) is 11.3. The molecule has 1 aromatic carbocycles. The van der Waals surface area contributed by atoms with Crippen molar-refractivity contribution in [2.24, 2.45) is 0 Å². The Bertz CT molecular complexity index is 429. The van der Waals surface area contributed by atoms with Gasteiger partial charge in [0, 0.05) is 17.0 Å². The van der Waals surface area contributed by atoms with Crippen LogP contribution in [0.2, 0.25) is 0 Å². The highest BCUT2D eigenvalue weighted by molar-refractivity contribution is 6.21. The summed E-state index contributed by atoms with van der Waals surface area (Å²) in [5, 5.41) is 17.1. The van der Waals surface area contributed by atoms with Crippen molar-refractivity contribution in [1.29, 1.82) is 5.41 Å². The van der Waals surface area contributed by atoms with Gasteiger partial charge in [0.15, 0.2) is 0 Å². The fraction of sp³-hybridized carbons (Fsp3) is 0.250. The Morgan fingerprint density at radius 1 is 1.33 bits per heavy atom. The highest BCUT2D eigenvalue weighted by Gasteiger charge is 2.08. The van der Waals surface area contributed by atoms with E-state index in [9.17, 15) is 5.11 Å². The molecular weight excluding hydrogens is 188 g/mol. The van der Waals surface area contributed by atoms with Crippen molar-refractivity contribution in [3.8, 4) is 0 Å². The average molecular weight is 204 g/mol. The molecule has 0 aliphatic heterocycles. The van der Waals surface area contributed by atoms with E-state index < -0.39 is 0 Å². The third-order valence-corrected chi connectivity index (χ3v) is 2.30. The maximum absolute atomic E-state index is 9.49. The topological polar surface area (TPSA) is 70.1 Å². The van der Waals surface area contributed by atoms with Crippen LogP contribution in [0.1, 0.15) is 25.0 Å². The smallest absolute Gasteiger partial charge is 0.0987 e. The number of anilines is 1. The second-order valence-electron chi connectivity index (χ2n) is 3.66. The molecule has 0 heterocycles. The summed E-state index contributed by atoms with van der Waals surface area (Å²) in [7, 11) is 0. The zero-order chi connectivity index (χ0) is 11.6. The summed E-state index contributed by atoms with van der Waals surface area (Å²) in [6.45, 7) is 5.14.